The number of rotatable bonds is 6. The molecule has 0 fully saturated rings. The molecule has 108 valence electrons. The van der Waals surface area contributed by atoms with Crippen LogP contribution in [0, 0.1) is 20.8 Å². The zero-order chi connectivity index (χ0) is 14.6. The van der Waals surface area contributed by atoms with Gasteiger partial charge in [-0.05, 0) is 83.2 Å². The van der Waals surface area contributed by atoms with Crippen LogP contribution in [0.3, 0.4) is 0 Å². The van der Waals surface area contributed by atoms with Crippen molar-refractivity contribution in [2.45, 2.75) is 33.2 Å². The van der Waals surface area contributed by atoms with Crippen molar-refractivity contribution in [1.29, 1.82) is 0 Å². The van der Waals surface area contributed by atoms with Crippen molar-refractivity contribution in [3.05, 3.63) is 28.3 Å². The summed E-state index contributed by atoms with van der Waals surface area (Å²) >= 11 is 0. The van der Waals surface area contributed by atoms with E-state index in [0.29, 0.717) is 6.04 Å². The van der Waals surface area contributed by atoms with Gasteiger partial charge < -0.3 is 15.0 Å². The van der Waals surface area contributed by atoms with Crippen LogP contribution in [0.1, 0.15) is 34.7 Å². The summed E-state index contributed by atoms with van der Waals surface area (Å²) in [5, 5.41) is 3.25. The molecular formula is C16H28N2O. The van der Waals surface area contributed by atoms with Gasteiger partial charge in [-0.3, -0.25) is 0 Å². The number of hydrogen-bond donors (Lipinski definition) is 1. The van der Waals surface area contributed by atoms with E-state index < -0.39 is 0 Å². The molecule has 0 bridgehead atoms. The molecule has 0 aliphatic carbocycles. The molecule has 1 aromatic carbocycles. The maximum Gasteiger partial charge on any atom is 0.122 e. The van der Waals surface area contributed by atoms with Crippen molar-refractivity contribution in [1.82, 2.24) is 10.2 Å². The van der Waals surface area contributed by atoms with E-state index in [9.17, 15) is 0 Å². The molecule has 3 heteroatoms. The summed E-state index contributed by atoms with van der Waals surface area (Å²) in [6.45, 7) is 7.55. The number of nitrogens with one attached hydrogen (secondary N) is 1. The van der Waals surface area contributed by atoms with Crippen LogP contribution in [0.2, 0.25) is 0 Å². The van der Waals surface area contributed by atoms with E-state index in [0.717, 1.165) is 18.7 Å². The van der Waals surface area contributed by atoms with Crippen molar-refractivity contribution in [2.75, 3.05) is 34.8 Å². The normalized spacial score (nSPS) is 12.8. The van der Waals surface area contributed by atoms with E-state index in [2.05, 4.69) is 51.1 Å². The second kappa shape index (κ2) is 6.92. The Kier molecular flexibility index (Phi) is 5.83. The van der Waals surface area contributed by atoms with Crippen LogP contribution in [-0.4, -0.2) is 39.7 Å². The lowest BCUT2D eigenvalue weighted by Crippen LogP contribution is -2.25. The molecule has 1 atom stereocenters. The molecule has 3 nitrogen and oxygen atoms in total. The topological polar surface area (TPSA) is 24.5 Å². The molecule has 0 saturated carbocycles. The van der Waals surface area contributed by atoms with Gasteiger partial charge in [0.25, 0.3) is 0 Å². The number of methoxy groups -OCH3 is 1. The zero-order valence-corrected chi connectivity index (χ0v) is 13.4. The molecule has 0 radical (unpaired) electrons. The van der Waals surface area contributed by atoms with E-state index in [-0.39, 0.29) is 0 Å². The van der Waals surface area contributed by atoms with Crippen LogP contribution in [0.4, 0.5) is 0 Å². The fourth-order valence-electron chi connectivity index (χ4n) is 2.73. The molecule has 0 saturated heterocycles. The van der Waals surface area contributed by atoms with Crippen LogP contribution in [0.5, 0.6) is 5.75 Å². The quantitative estimate of drug-likeness (QED) is 0.855. The van der Waals surface area contributed by atoms with Crippen molar-refractivity contribution >= 4 is 0 Å². The minimum Gasteiger partial charge on any atom is -0.496 e. The number of hydrogen-bond acceptors (Lipinski definition) is 3. The van der Waals surface area contributed by atoms with Crippen LogP contribution >= 0.6 is 0 Å². The Balaban J connectivity index is 3.26. The van der Waals surface area contributed by atoms with Gasteiger partial charge in [-0.15, -0.1) is 0 Å². The first kappa shape index (κ1) is 16.0. The summed E-state index contributed by atoms with van der Waals surface area (Å²) in [5.74, 6) is 0.991. The molecule has 1 N–H and O–H groups in total. The van der Waals surface area contributed by atoms with Gasteiger partial charge in [-0.1, -0.05) is 0 Å². The van der Waals surface area contributed by atoms with Gasteiger partial charge in [-0.2, -0.15) is 0 Å². The molecule has 0 aliphatic rings. The Labute approximate surface area is 118 Å². The number of ether oxygens (including phenoxy) is 1. The molecule has 19 heavy (non-hydrogen) atoms. The Hall–Kier alpha value is -1.06. The Morgan fingerprint density at radius 2 is 1.84 bits per heavy atom. The second-order valence-corrected chi connectivity index (χ2v) is 5.43. The fraction of sp³-hybridized carbons (Fsp3) is 0.625. The summed E-state index contributed by atoms with van der Waals surface area (Å²) in [5.41, 5.74) is 5.36. The zero-order valence-electron chi connectivity index (χ0n) is 13.4. The van der Waals surface area contributed by atoms with E-state index in [1.54, 1.807) is 7.11 Å². The van der Waals surface area contributed by atoms with E-state index >= 15 is 0 Å². The van der Waals surface area contributed by atoms with E-state index in [1.807, 2.05) is 7.05 Å². The number of aryl methyl sites for hydroxylation is 1. The smallest absolute Gasteiger partial charge is 0.122 e. The van der Waals surface area contributed by atoms with Crippen molar-refractivity contribution in [3.8, 4) is 5.75 Å². The van der Waals surface area contributed by atoms with Crippen LogP contribution in [0.15, 0.2) is 6.07 Å². The molecule has 0 aromatic heterocycles. The first-order chi connectivity index (χ1) is 8.93. The minimum atomic E-state index is 0.442. The van der Waals surface area contributed by atoms with Gasteiger partial charge in [0.1, 0.15) is 5.75 Å². The summed E-state index contributed by atoms with van der Waals surface area (Å²) in [6, 6.07) is 2.60. The predicted molar refractivity (Wildman–Crippen MR) is 82.2 cm³/mol. The lowest BCUT2D eigenvalue weighted by atomic mass is 9.90. The highest BCUT2D eigenvalue weighted by Gasteiger charge is 2.20. The first-order valence-corrected chi connectivity index (χ1v) is 6.89. The van der Waals surface area contributed by atoms with Crippen molar-refractivity contribution in [3.63, 3.8) is 0 Å². The van der Waals surface area contributed by atoms with Gasteiger partial charge in [0.2, 0.25) is 0 Å². The summed E-state index contributed by atoms with van der Waals surface area (Å²) in [4.78, 5) is 2.30. The molecule has 0 spiro atoms. The van der Waals surface area contributed by atoms with Gasteiger partial charge in [-0.25, -0.2) is 0 Å². The molecule has 1 aromatic rings. The van der Waals surface area contributed by atoms with Crippen LogP contribution in [0.25, 0.3) is 0 Å². The highest BCUT2D eigenvalue weighted by Crippen LogP contribution is 2.34. The average Bonchev–Trinajstić information content (AvgIpc) is 2.37. The largest absolute Gasteiger partial charge is 0.496 e. The minimum absolute atomic E-state index is 0.442. The third-order valence-electron chi connectivity index (χ3n) is 3.95. The summed E-state index contributed by atoms with van der Waals surface area (Å²) in [7, 11) is 8.05. The number of nitrogens with zero attached hydrogens (tertiary/aromatic N) is 1. The summed E-state index contributed by atoms with van der Waals surface area (Å²) in [6.07, 6.45) is 1.11. The molecule has 1 rings (SSSR count). The fourth-order valence-corrected chi connectivity index (χ4v) is 2.73. The predicted octanol–water partition coefficient (Wildman–Crippen LogP) is 2.83. The van der Waals surface area contributed by atoms with Gasteiger partial charge in [0.05, 0.1) is 7.11 Å². The molecular weight excluding hydrogens is 236 g/mol. The van der Waals surface area contributed by atoms with Crippen molar-refractivity contribution in [2.24, 2.45) is 0 Å². The van der Waals surface area contributed by atoms with Gasteiger partial charge >= 0.3 is 0 Å². The SMILES string of the molecule is CNCCC(c1c(C)cc(OC)c(C)c1C)N(C)C. The average molecular weight is 264 g/mol. The van der Waals surface area contributed by atoms with Gasteiger partial charge in [0, 0.05) is 6.04 Å². The molecule has 0 amide bonds. The monoisotopic (exact) mass is 264 g/mol. The lowest BCUT2D eigenvalue weighted by molar-refractivity contribution is 0.280. The van der Waals surface area contributed by atoms with Crippen LogP contribution < -0.4 is 10.1 Å². The van der Waals surface area contributed by atoms with E-state index in [4.69, 9.17) is 4.74 Å². The third-order valence-corrected chi connectivity index (χ3v) is 3.95. The molecule has 1 unspecified atom stereocenters. The maximum atomic E-state index is 5.46. The molecule has 0 heterocycles. The maximum absolute atomic E-state index is 5.46. The van der Waals surface area contributed by atoms with Gasteiger partial charge in [0.15, 0.2) is 0 Å². The second-order valence-electron chi connectivity index (χ2n) is 5.43. The Morgan fingerprint density at radius 3 is 2.32 bits per heavy atom. The Morgan fingerprint density at radius 1 is 1.21 bits per heavy atom. The first-order valence-electron chi connectivity index (χ1n) is 6.89. The van der Waals surface area contributed by atoms with Crippen molar-refractivity contribution < 1.29 is 4.74 Å². The highest BCUT2D eigenvalue weighted by atomic mass is 16.5. The third kappa shape index (κ3) is 3.48. The van der Waals surface area contributed by atoms with Crippen LogP contribution in [-0.2, 0) is 0 Å². The molecule has 0 aliphatic heterocycles. The highest BCUT2D eigenvalue weighted by molar-refractivity contribution is 5.49. The lowest BCUT2D eigenvalue weighted by Gasteiger charge is -2.29. The van der Waals surface area contributed by atoms with E-state index in [1.165, 1.54) is 22.3 Å². The standard InChI is InChI=1S/C16H28N2O/c1-11-10-15(19-7)12(2)13(3)16(11)14(18(5)6)8-9-17-4/h10,14,17H,8-9H2,1-7H3. The summed E-state index contributed by atoms with van der Waals surface area (Å²) < 4.78 is 5.46. The Bertz CT molecular complexity index is 427. The number of benzene rings is 1.